The number of halogens is 4. The van der Waals surface area contributed by atoms with Crippen molar-refractivity contribution >= 4 is 62.8 Å². The number of carbonyl (C=O) groups is 1. The Balaban J connectivity index is 2.36. The van der Waals surface area contributed by atoms with E-state index in [4.69, 9.17) is 21.4 Å². The molecule has 22 heavy (non-hydrogen) atoms. The molecule has 0 saturated carbocycles. The first-order valence-electron chi connectivity index (χ1n) is 5.38. The topological polar surface area (TPSA) is 104 Å². The van der Waals surface area contributed by atoms with Crippen LogP contribution in [0.15, 0.2) is 27.3 Å². The predicted molar refractivity (Wildman–Crippen MR) is 84.4 cm³/mol. The highest BCUT2D eigenvalue weighted by Crippen LogP contribution is 2.42. The van der Waals surface area contributed by atoms with Crippen molar-refractivity contribution < 1.29 is 23.5 Å². The first-order valence-corrected chi connectivity index (χ1v) is 8.91. The largest absolute Gasteiger partial charge is 0.450 e. The molecule has 12 heteroatoms. The fourth-order valence-electron chi connectivity index (χ4n) is 1.46. The van der Waals surface area contributed by atoms with Gasteiger partial charge in [-0.25, -0.2) is 8.96 Å². The summed E-state index contributed by atoms with van der Waals surface area (Å²) < 4.78 is 24.5. The lowest BCUT2D eigenvalue weighted by molar-refractivity contribution is 0.102. The Morgan fingerprint density at radius 1 is 1.41 bits per heavy atom. The van der Waals surface area contributed by atoms with Gasteiger partial charge >= 0.3 is 7.75 Å². The van der Waals surface area contributed by atoms with Crippen LogP contribution in [0.25, 0.3) is 0 Å². The first kappa shape index (κ1) is 17.6. The van der Waals surface area contributed by atoms with E-state index in [1.54, 1.807) is 0 Å². The van der Waals surface area contributed by atoms with Crippen molar-refractivity contribution in [3.63, 3.8) is 0 Å². The molecule has 1 heterocycles. The Hall–Kier alpha value is -0.770. The number of nitrogens with one attached hydrogen (secondary N) is 1. The Morgan fingerprint density at radius 3 is 2.55 bits per heavy atom. The van der Waals surface area contributed by atoms with Gasteiger partial charge in [0.1, 0.15) is 10.4 Å². The number of benzene rings is 1. The maximum Gasteiger partial charge on any atom is 0.450 e. The minimum Gasteiger partial charge on any atom is -0.319 e. The van der Waals surface area contributed by atoms with Crippen molar-refractivity contribution in [1.82, 2.24) is 9.55 Å². The summed E-state index contributed by atoms with van der Waals surface area (Å²) in [6.45, 7) is 0. The van der Waals surface area contributed by atoms with Crippen LogP contribution < -0.4 is 5.32 Å². The van der Waals surface area contributed by atoms with Gasteiger partial charge in [-0.15, -0.1) is 0 Å². The predicted octanol–water partition coefficient (Wildman–Crippen LogP) is 3.39. The molecule has 0 atom stereocenters. The molecule has 118 valence electrons. The van der Waals surface area contributed by atoms with Crippen LogP contribution >= 0.6 is 51.2 Å². The van der Waals surface area contributed by atoms with Crippen LogP contribution in [-0.4, -0.2) is 25.2 Å². The van der Waals surface area contributed by atoms with Gasteiger partial charge in [-0.1, -0.05) is 11.6 Å². The van der Waals surface area contributed by atoms with Crippen molar-refractivity contribution in [2.75, 3.05) is 5.32 Å². The summed E-state index contributed by atoms with van der Waals surface area (Å²) in [6, 6.07) is 3.36. The fourth-order valence-corrected chi connectivity index (χ4v) is 3.66. The second-order valence-corrected chi connectivity index (χ2v) is 7.29. The Labute approximate surface area is 144 Å². The van der Waals surface area contributed by atoms with E-state index in [-0.39, 0.29) is 25.5 Å². The van der Waals surface area contributed by atoms with Crippen LogP contribution in [0.4, 0.5) is 10.1 Å². The van der Waals surface area contributed by atoms with E-state index in [2.05, 4.69) is 42.3 Å². The molecular formula is C10H6Br2ClFN3O4P. The maximum absolute atomic E-state index is 12.9. The summed E-state index contributed by atoms with van der Waals surface area (Å²) in [5.74, 6) is -1.36. The van der Waals surface area contributed by atoms with E-state index >= 15 is 0 Å². The quantitative estimate of drug-likeness (QED) is 0.588. The lowest BCUT2D eigenvalue weighted by Gasteiger charge is -2.06. The van der Waals surface area contributed by atoms with Crippen LogP contribution in [0.2, 0.25) is 5.02 Å². The molecule has 0 saturated heterocycles. The lowest BCUT2D eigenvalue weighted by atomic mass is 10.3. The van der Waals surface area contributed by atoms with Crippen LogP contribution in [0.5, 0.6) is 0 Å². The number of hydrogen-bond donors (Lipinski definition) is 3. The minimum absolute atomic E-state index is 0.0297. The summed E-state index contributed by atoms with van der Waals surface area (Å²) in [5.41, 5.74) is -0.155. The highest BCUT2D eigenvalue weighted by Gasteiger charge is 2.28. The summed E-state index contributed by atoms with van der Waals surface area (Å²) in [5, 5.41) is 5.89. The molecule has 1 aromatic heterocycles. The first-order chi connectivity index (χ1) is 10.1. The molecule has 0 spiro atoms. The zero-order valence-corrected chi connectivity index (χ0v) is 15.1. The van der Waals surface area contributed by atoms with Crippen molar-refractivity contribution in [2.24, 2.45) is 0 Å². The average molecular weight is 477 g/mol. The van der Waals surface area contributed by atoms with E-state index in [9.17, 15) is 13.8 Å². The number of anilines is 1. The summed E-state index contributed by atoms with van der Waals surface area (Å²) in [4.78, 5) is 30.4. The van der Waals surface area contributed by atoms with E-state index < -0.39 is 19.5 Å². The molecule has 2 rings (SSSR count). The van der Waals surface area contributed by atoms with E-state index in [1.807, 2.05) is 0 Å². The SMILES string of the molecule is O=C(Nc1ccc(F)cc1Cl)c1nn(P(=O)(O)O)c(Br)c1Br. The molecule has 7 nitrogen and oxygen atoms in total. The Morgan fingerprint density at radius 2 is 2.05 bits per heavy atom. The molecule has 0 radical (unpaired) electrons. The molecule has 1 aromatic carbocycles. The van der Waals surface area contributed by atoms with Crippen LogP contribution in [0.3, 0.4) is 0 Å². The maximum atomic E-state index is 12.9. The van der Waals surface area contributed by atoms with E-state index in [0.717, 1.165) is 12.1 Å². The normalized spacial score (nSPS) is 11.5. The summed E-state index contributed by atoms with van der Waals surface area (Å²) >= 11 is 11.7. The molecule has 0 aliphatic rings. The van der Waals surface area contributed by atoms with Crippen molar-refractivity contribution in [1.29, 1.82) is 0 Å². The van der Waals surface area contributed by atoms with Gasteiger partial charge in [-0.2, -0.15) is 9.55 Å². The summed E-state index contributed by atoms with van der Waals surface area (Å²) in [7, 11) is -4.73. The molecule has 0 fully saturated rings. The van der Waals surface area contributed by atoms with Gasteiger partial charge in [-0.05, 0) is 50.1 Å². The number of nitrogens with zero attached hydrogens (tertiary/aromatic N) is 2. The standard InChI is InChI=1S/C10H6Br2ClFN3O4P/c11-7-8(16-17(9(7)12)22(19,20)21)10(18)15-6-2-1-4(14)3-5(6)13/h1-3H,(H,15,18)(H2,19,20,21). The van der Waals surface area contributed by atoms with Crippen LogP contribution in [-0.2, 0) is 4.57 Å². The molecule has 3 N–H and O–H groups in total. The minimum atomic E-state index is -4.73. The highest BCUT2D eigenvalue weighted by atomic mass is 79.9. The third kappa shape index (κ3) is 3.58. The average Bonchev–Trinajstić information content (AvgIpc) is 2.69. The molecule has 2 aromatic rings. The van der Waals surface area contributed by atoms with Crippen LogP contribution in [0.1, 0.15) is 10.5 Å². The Kier molecular flexibility index (Phi) is 5.10. The van der Waals surface area contributed by atoms with Crippen LogP contribution in [0, 0.1) is 5.82 Å². The fraction of sp³-hybridized carbons (Fsp3) is 0. The zero-order chi connectivity index (χ0) is 16.7. The molecular weight excluding hydrogens is 471 g/mol. The number of hydrogen-bond acceptors (Lipinski definition) is 3. The van der Waals surface area contributed by atoms with Gasteiger partial charge in [0.25, 0.3) is 5.91 Å². The van der Waals surface area contributed by atoms with Crippen molar-refractivity contribution in [2.45, 2.75) is 0 Å². The van der Waals surface area contributed by atoms with Gasteiger partial charge in [-0.3, -0.25) is 4.79 Å². The number of amides is 1. The molecule has 0 unspecified atom stereocenters. The van der Waals surface area contributed by atoms with Gasteiger partial charge < -0.3 is 15.1 Å². The zero-order valence-electron chi connectivity index (χ0n) is 10.3. The van der Waals surface area contributed by atoms with Crippen molar-refractivity contribution in [3.05, 3.63) is 43.8 Å². The van der Waals surface area contributed by atoms with Gasteiger partial charge in [0.05, 0.1) is 15.2 Å². The van der Waals surface area contributed by atoms with Gasteiger partial charge in [0.2, 0.25) is 0 Å². The second-order valence-electron chi connectivity index (χ2n) is 3.93. The third-order valence-electron chi connectivity index (χ3n) is 2.40. The summed E-state index contributed by atoms with van der Waals surface area (Å²) in [6.07, 6.45) is 0. The van der Waals surface area contributed by atoms with Gasteiger partial charge in [0, 0.05) is 0 Å². The highest BCUT2D eigenvalue weighted by molar-refractivity contribution is 9.13. The molecule has 0 bridgehead atoms. The number of aromatic nitrogens is 2. The number of carbonyl (C=O) groups excluding carboxylic acids is 1. The van der Waals surface area contributed by atoms with Gasteiger partial charge in [0.15, 0.2) is 5.69 Å². The van der Waals surface area contributed by atoms with E-state index in [0.29, 0.717) is 4.45 Å². The van der Waals surface area contributed by atoms with E-state index in [1.165, 1.54) is 6.07 Å². The molecule has 0 aliphatic carbocycles. The number of rotatable bonds is 3. The smallest absolute Gasteiger partial charge is 0.319 e. The lowest BCUT2D eigenvalue weighted by Crippen LogP contribution is -2.14. The molecule has 1 amide bonds. The van der Waals surface area contributed by atoms with Crippen molar-refractivity contribution in [3.8, 4) is 0 Å². The second kappa shape index (κ2) is 6.38. The monoisotopic (exact) mass is 475 g/mol. The molecule has 0 aliphatic heterocycles. The third-order valence-corrected chi connectivity index (χ3v) is 5.79. The Bertz CT molecular complexity index is 810.